The van der Waals surface area contributed by atoms with Crippen LogP contribution in [0.25, 0.3) is 0 Å². The van der Waals surface area contributed by atoms with Crippen LogP contribution in [-0.4, -0.2) is 5.97 Å². The van der Waals surface area contributed by atoms with E-state index in [0.29, 0.717) is 5.92 Å². The second kappa shape index (κ2) is 5.67. The van der Waals surface area contributed by atoms with Crippen molar-refractivity contribution < 1.29 is 9.90 Å². The third-order valence-electron chi connectivity index (χ3n) is 5.26. The smallest absolute Gasteiger partial charge is 0.0718 e. The molecule has 0 fully saturated rings. The molecule has 0 spiro atoms. The van der Waals surface area contributed by atoms with E-state index in [1.165, 1.54) is 0 Å². The highest BCUT2D eigenvalue weighted by Crippen LogP contribution is 2.51. The summed E-state index contributed by atoms with van der Waals surface area (Å²) in [5.74, 6) is -0.488. The number of rotatable bonds is 2. The summed E-state index contributed by atoms with van der Waals surface area (Å²) in [6, 6.07) is 11.5. The van der Waals surface area contributed by atoms with Crippen LogP contribution in [-0.2, 0) is 0 Å². The van der Waals surface area contributed by atoms with Crippen molar-refractivity contribution in [2.75, 3.05) is 5.32 Å². The van der Waals surface area contributed by atoms with Gasteiger partial charge in [0.2, 0.25) is 0 Å². The largest absolute Gasteiger partial charge is 0.545 e. The Morgan fingerprint density at radius 2 is 2.00 bits per heavy atom. The normalized spacial score (nSPS) is 24.2. The first-order valence-electron chi connectivity index (χ1n) is 8.10. The lowest BCUT2D eigenvalue weighted by molar-refractivity contribution is -0.255. The van der Waals surface area contributed by atoms with Gasteiger partial charge in [0.25, 0.3) is 0 Å². The maximum absolute atomic E-state index is 11.4. The summed E-state index contributed by atoms with van der Waals surface area (Å²) in [7, 11) is 0. The van der Waals surface area contributed by atoms with Gasteiger partial charge in [-0.2, -0.15) is 0 Å². The first-order chi connectivity index (χ1) is 11.6. The average Bonchev–Trinajstić information content (AvgIpc) is 3.05. The summed E-state index contributed by atoms with van der Waals surface area (Å²) in [5, 5.41) is 15.7. The Morgan fingerprint density at radius 1 is 1.21 bits per heavy atom. The Kier molecular flexibility index (Phi) is 3.61. The van der Waals surface area contributed by atoms with E-state index >= 15 is 0 Å². The van der Waals surface area contributed by atoms with Gasteiger partial charge >= 0.3 is 0 Å². The van der Waals surface area contributed by atoms with Gasteiger partial charge in [-0.05, 0) is 42.0 Å². The molecular formula is C20H17ClNO2-. The van der Waals surface area contributed by atoms with Gasteiger partial charge < -0.3 is 15.2 Å². The SMILES string of the molecule is Cc1c(C(=O)[O-])ccc2c1N[C@@H](c1ccccc1Cl)[C@H]1CC=C[C@@H]21. The number of benzene rings is 2. The molecule has 2 aromatic carbocycles. The fourth-order valence-electron chi connectivity index (χ4n) is 4.07. The number of hydrogen-bond donors (Lipinski definition) is 1. The molecule has 3 atom stereocenters. The monoisotopic (exact) mass is 338 g/mol. The van der Waals surface area contributed by atoms with Gasteiger partial charge in [-0.15, -0.1) is 0 Å². The topological polar surface area (TPSA) is 52.2 Å². The molecule has 0 saturated heterocycles. The number of hydrogen-bond acceptors (Lipinski definition) is 3. The zero-order valence-electron chi connectivity index (χ0n) is 13.3. The van der Waals surface area contributed by atoms with Gasteiger partial charge in [-0.1, -0.05) is 54.1 Å². The van der Waals surface area contributed by atoms with Gasteiger partial charge in [-0.25, -0.2) is 0 Å². The van der Waals surface area contributed by atoms with Crippen molar-refractivity contribution in [3.63, 3.8) is 0 Å². The number of anilines is 1. The van der Waals surface area contributed by atoms with Crippen molar-refractivity contribution in [1.82, 2.24) is 0 Å². The van der Waals surface area contributed by atoms with Crippen LogP contribution in [0.15, 0.2) is 48.6 Å². The number of fused-ring (bicyclic) bond motifs is 3. The van der Waals surface area contributed by atoms with E-state index in [1.54, 1.807) is 6.07 Å². The standard InChI is InChI=1S/C20H18ClNO2/c1-11-12(20(23)24)9-10-15-13-6-4-7-14(13)19(22-18(11)15)16-5-2-3-8-17(16)21/h2-6,8-10,13-14,19,22H,7H2,1H3,(H,23,24)/p-1/t13-,14+,19-/m1/s1. The first kappa shape index (κ1) is 15.3. The van der Waals surface area contributed by atoms with Gasteiger partial charge in [0.1, 0.15) is 0 Å². The quantitative estimate of drug-likeness (QED) is 0.846. The number of carboxylic acid groups (broad SMARTS) is 1. The minimum atomic E-state index is -1.14. The molecule has 0 amide bonds. The molecule has 0 saturated carbocycles. The van der Waals surface area contributed by atoms with Crippen LogP contribution < -0.4 is 10.4 Å². The molecular weight excluding hydrogens is 322 g/mol. The molecule has 0 bridgehead atoms. The van der Waals surface area contributed by atoms with Crippen LogP contribution in [0.4, 0.5) is 5.69 Å². The Balaban J connectivity index is 1.87. The Hall–Kier alpha value is -2.26. The fourth-order valence-corrected chi connectivity index (χ4v) is 4.32. The zero-order valence-corrected chi connectivity index (χ0v) is 14.0. The number of carbonyl (C=O) groups excluding carboxylic acids is 1. The lowest BCUT2D eigenvalue weighted by Crippen LogP contribution is -2.31. The average molecular weight is 339 g/mol. The van der Waals surface area contributed by atoms with Crippen LogP contribution >= 0.6 is 11.6 Å². The number of halogens is 1. The summed E-state index contributed by atoms with van der Waals surface area (Å²) < 4.78 is 0. The number of aromatic carboxylic acids is 1. The van der Waals surface area contributed by atoms with Crippen molar-refractivity contribution in [2.24, 2.45) is 5.92 Å². The van der Waals surface area contributed by atoms with E-state index in [4.69, 9.17) is 11.6 Å². The Bertz CT molecular complexity index is 859. The third kappa shape index (κ3) is 2.23. The highest BCUT2D eigenvalue weighted by atomic mass is 35.5. The number of carbonyl (C=O) groups is 1. The predicted molar refractivity (Wildman–Crippen MR) is 93.3 cm³/mol. The molecule has 4 heteroatoms. The molecule has 122 valence electrons. The molecule has 0 radical (unpaired) electrons. The first-order valence-corrected chi connectivity index (χ1v) is 8.48. The van der Waals surface area contributed by atoms with E-state index in [0.717, 1.165) is 33.8 Å². The Labute approximate surface area is 146 Å². The lowest BCUT2D eigenvalue weighted by atomic mass is 9.76. The molecule has 2 aliphatic rings. The van der Waals surface area contributed by atoms with E-state index in [9.17, 15) is 9.90 Å². The number of nitrogens with one attached hydrogen (secondary N) is 1. The molecule has 24 heavy (non-hydrogen) atoms. The second-order valence-electron chi connectivity index (χ2n) is 6.49. The van der Waals surface area contributed by atoms with E-state index in [-0.39, 0.29) is 17.5 Å². The van der Waals surface area contributed by atoms with E-state index < -0.39 is 5.97 Å². The van der Waals surface area contributed by atoms with E-state index in [2.05, 4.69) is 17.5 Å². The van der Waals surface area contributed by atoms with Crippen molar-refractivity contribution in [3.8, 4) is 0 Å². The third-order valence-corrected chi connectivity index (χ3v) is 5.60. The van der Waals surface area contributed by atoms with Crippen LogP contribution in [0.1, 0.15) is 45.4 Å². The van der Waals surface area contributed by atoms with Crippen molar-refractivity contribution in [3.05, 3.63) is 75.8 Å². The minimum Gasteiger partial charge on any atom is -0.545 e. The van der Waals surface area contributed by atoms with Gasteiger partial charge in [0.15, 0.2) is 0 Å². The Morgan fingerprint density at radius 3 is 2.75 bits per heavy atom. The molecule has 4 rings (SSSR count). The molecule has 1 aliphatic carbocycles. The van der Waals surface area contributed by atoms with Crippen molar-refractivity contribution in [1.29, 1.82) is 0 Å². The fraction of sp³-hybridized carbons (Fsp3) is 0.250. The zero-order chi connectivity index (χ0) is 16.8. The molecule has 2 aromatic rings. The van der Waals surface area contributed by atoms with Gasteiger partial charge in [-0.3, -0.25) is 0 Å². The summed E-state index contributed by atoms with van der Waals surface area (Å²) in [6.07, 6.45) is 5.42. The van der Waals surface area contributed by atoms with Crippen LogP contribution in [0.3, 0.4) is 0 Å². The lowest BCUT2D eigenvalue weighted by Gasteiger charge is -2.39. The minimum absolute atomic E-state index is 0.0573. The molecule has 0 unspecified atom stereocenters. The number of allylic oxidation sites excluding steroid dienone is 2. The molecule has 1 aliphatic heterocycles. The van der Waals surface area contributed by atoms with Crippen LogP contribution in [0, 0.1) is 12.8 Å². The second-order valence-corrected chi connectivity index (χ2v) is 6.89. The van der Waals surface area contributed by atoms with Crippen LogP contribution in [0.2, 0.25) is 5.02 Å². The summed E-state index contributed by atoms with van der Waals surface area (Å²) in [6.45, 7) is 1.83. The molecule has 0 aromatic heterocycles. The highest BCUT2D eigenvalue weighted by Gasteiger charge is 2.39. The summed E-state index contributed by atoms with van der Waals surface area (Å²) in [5.41, 5.74) is 4.07. The van der Waals surface area contributed by atoms with Gasteiger partial charge in [0, 0.05) is 22.2 Å². The van der Waals surface area contributed by atoms with Crippen molar-refractivity contribution >= 4 is 23.3 Å². The van der Waals surface area contributed by atoms with E-state index in [1.807, 2.05) is 37.3 Å². The maximum atomic E-state index is 11.4. The highest BCUT2D eigenvalue weighted by molar-refractivity contribution is 6.31. The summed E-state index contributed by atoms with van der Waals surface area (Å²) >= 11 is 6.43. The molecule has 1 heterocycles. The van der Waals surface area contributed by atoms with Gasteiger partial charge in [0.05, 0.1) is 12.0 Å². The summed E-state index contributed by atoms with van der Waals surface area (Å²) in [4.78, 5) is 11.4. The number of carboxylic acids is 1. The molecule has 3 nitrogen and oxygen atoms in total. The predicted octanol–water partition coefficient (Wildman–Crippen LogP) is 3.84. The van der Waals surface area contributed by atoms with Crippen LogP contribution in [0.5, 0.6) is 0 Å². The van der Waals surface area contributed by atoms with Crippen molar-refractivity contribution in [2.45, 2.75) is 25.3 Å². The molecule has 1 N–H and O–H groups in total. The maximum Gasteiger partial charge on any atom is 0.0718 e.